The molecule has 2 aliphatic rings. The normalized spacial score (nSPS) is 14.2. The monoisotopic (exact) mass is 907 g/mol. The molecule has 1 nitrogen and oxygen atoms in total. The summed E-state index contributed by atoms with van der Waals surface area (Å²) in [7, 11) is 0. The third kappa shape index (κ3) is 6.94. The molecule has 0 N–H and O–H groups in total. The Morgan fingerprint density at radius 2 is 1.03 bits per heavy atom. The molecule has 1 aliphatic heterocycles. The van der Waals surface area contributed by atoms with E-state index in [4.69, 9.17) is 23.2 Å². The first-order valence-corrected chi connectivity index (χ1v) is 24.8. The summed E-state index contributed by atoms with van der Waals surface area (Å²) in [6.07, 6.45) is 0. The Balaban J connectivity index is 1.33. The van der Waals surface area contributed by atoms with Crippen LogP contribution < -0.4 is 15.8 Å². The van der Waals surface area contributed by atoms with Crippen LogP contribution in [0.3, 0.4) is 0 Å². The van der Waals surface area contributed by atoms with Crippen molar-refractivity contribution in [3.05, 3.63) is 240 Å². The summed E-state index contributed by atoms with van der Waals surface area (Å²) >= 11 is 16.5. The highest BCUT2D eigenvalue weighted by molar-refractivity contribution is 7.99. The summed E-state index contributed by atoms with van der Waals surface area (Å²) in [5.74, 6) is 0.996. The zero-order valence-electron chi connectivity index (χ0n) is 37.3. The van der Waals surface area contributed by atoms with Crippen LogP contribution in [-0.4, -0.2) is 17.8 Å². The summed E-state index contributed by atoms with van der Waals surface area (Å²) in [4.78, 5) is 3.85. The van der Waals surface area contributed by atoms with E-state index in [1.54, 1.807) is 0 Å². The van der Waals surface area contributed by atoms with Gasteiger partial charge in [-0.2, -0.15) is 0 Å². The fraction of sp³-hybridized carbons (Fsp3) is 0.115. The highest BCUT2D eigenvalue weighted by Gasteiger charge is 2.48. The third-order valence-electron chi connectivity index (χ3n) is 14.0. The SMILES string of the molecule is CCSc1cc(C2(c3ccccc3)c3ccccc3-c3ccccc32)cc2c1B(C(C)[C@@H](C)Cl)c1ccc(Cl)cc1N2c1c(-c2ccccc2)cc(-c2ccccc2)cc1-c1ccccc1. The largest absolute Gasteiger partial charge is 0.310 e. The quantitative estimate of drug-likeness (QED) is 0.0764. The zero-order chi connectivity index (χ0) is 44.9. The fourth-order valence-corrected chi connectivity index (χ4v) is 12.2. The van der Waals surface area contributed by atoms with Gasteiger partial charge in [0.25, 0.3) is 0 Å². The van der Waals surface area contributed by atoms with Crippen molar-refractivity contribution in [2.75, 3.05) is 10.7 Å². The minimum Gasteiger partial charge on any atom is -0.310 e. The van der Waals surface area contributed by atoms with E-state index < -0.39 is 5.41 Å². The number of nitrogens with zero attached hydrogens (tertiary/aromatic N) is 1. The van der Waals surface area contributed by atoms with Crippen molar-refractivity contribution in [1.29, 1.82) is 0 Å². The highest BCUT2D eigenvalue weighted by atomic mass is 35.5. The molecule has 0 spiro atoms. The molecule has 0 fully saturated rings. The lowest BCUT2D eigenvalue weighted by molar-refractivity contribution is 0.765. The second kappa shape index (κ2) is 17.5. The first-order chi connectivity index (χ1) is 32.4. The number of thioether (sulfide) groups is 1. The van der Waals surface area contributed by atoms with Crippen LogP contribution in [0.4, 0.5) is 17.1 Å². The lowest BCUT2D eigenvalue weighted by Gasteiger charge is -2.43. The Hall–Kier alpha value is -6.23. The number of benzene rings is 9. The maximum atomic E-state index is 7.30. The van der Waals surface area contributed by atoms with Gasteiger partial charge in [-0.3, -0.25) is 0 Å². The Morgan fingerprint density at radius 1 is 0.515 bits per heavy atom. The van der Waals surface area contributed by atoms with Crippen LogP contribution in [0.2, 0.25) is 10.8 Å². The number of rotatable bonds is 10. The number of hydrogen-bond acceptors (Lipinski definition) is 2. The third-order valence-corrected chi connectivity index (χ3v) is 15.6. The standard InChI is InChI=1S/C61H48BCl2NS/c1-4-66-58-38-47(61(46-27-15-8-16-28-46)53-31-19-17-29-49(53)50-30-18-20-32-54(50)61)37-57-59(58)62(40(2)41(3)63)55-34-33-48(64)39-56(55)65(57)60-51(43-23-11-6-12-24-43)35-45(42-21-9-5-10-22-42)36-52(60)44-25-13-7-14-26-44/h5-41H,4H2,1-3H3/t40?,41-/m1/s1. The van der Waals surface area contributed by atoms with Gasteiger partial charge in [0.05, 0.1) is 11.1 Å². The number of halogens is 2. The van der Waals surface area contributed by atoms with Gasteiger partial charge in [0.2, 0.25) is 6.71 Å². The Bertz CT molecular complexity index is 3120. The molecule has 5 heteroatoms. The van der Waals surface area contributed by atoms with E-state index >= 15 is 0 Å². The van der Waals surface area contributed by atoms with Crippen LogP contribution in [0.1, 0.15) is 43.0 Å². The van der Waals surface area contributed by atoms with Crippen molar-refractivity contribution in [2.24, 2.45) is 0 Å². The minimum absolute atomic E-state index is 0.0149. The summed E-state index contributed by atoms with van der Waals surface area (Å²) in [5, 5.41) is 0.584. The van der Waals surface area contributed by atoms with Crippen LogP contribution in [0.25, 0.3) is 44.5 Å². The van der Waals surface area contributed by atoms with E-state index in [2.05, 4.69) is 238 Å². The second-order valence-electron chi connectivity index (χ2n) is 17.6. The van der Waals surface area contributed by atoms with Crippen molar-refractivity contribution in [1.82, 2.24) is 0 Å². The van der Waals surface area contributed by atoms with Gasteiger partial charge in [0.1, 0.15) is 0 Å². The van der Waals surface area contributed by atoms with Gasteiger partial charge in [0.15, 0.2) is 0 Å². The summed E-state index contributed by atoms with van der Waals surface area (Å²) < 4.78 is 0. The molecule has 0 saturated heterocycles. The summed E-state index contributed by atoms with van der Waals surface area (Å²) in [6.45, 7) is 6.73. The molecule has 0 saturated carbocycles. The van der Waals surface area contributed by atoms with E-state index in [-0.39, 0.29) is 17.9 Å². The second-order valence-corrected chi connectivity index (χ2v) is 20.0. The predicted molar refractivity (Wildman–Crippen MR) is 286 cm³/mol. The van der Waals surface area contributed by atoms with Crippen molar-refractivity contribution >= 4 is 69.7 Å². The Kier molecular flexibility index (Phi) is 11.3. The number of alkyl halides is 1. The molecular formula is C61H48BCl2NS. The van der Waals surface area contributed by atoms with Crippen LogP contribution in [0.15, 0.2) is 217 Å². The van der Waals surface area contributed by atoms with Crippen LogP contribution >= 0.6 is 35.0 Å². The molecule has 0 amide bonds. The molecule has 66 heavy (non-hydrogen) atoms. The molecule has 1 heterocycles. The Labute approximate surface area is 404 Å². The van der Waals surface area contributed by atoms with Gasteiger partial charge < -0.3 is 4.90 Å². The van der Waals surface area contributed by atoms with E-state index in [0.717, 1.165) is 56.2 Å². The molecule has 1 aliphatic carbocycles. The van der Waals surface area contributed by atoms with Gasteiger partial charge in [-0.1, -0.05) is 207 Å². The Morgan fingerprint density at radius 3 is 1.58 bits per heavy atom. The maximum Gasteiger partial charge on any atom is 0.220 e. The summed E-state index contributed by atoms with van der Waals surface area (Å²) in [5.41, 5.74) is 19.7. The first kappa shape index (κ1) is 42.4. The van der Waals surface area contributed by atoms with Crippen molar-refractivity contribution in [3.8, 4) is 44.5 Å². The van der Waals surface area contributed by atoms with Gasteiger partial charge in [-0.15, -0.1) is 23.4 Å². The highest BCUT2D eigenvalue weighted by Crippen LogP contribution is 2.58. The van der Waals surface area contributed by atoms with Crippen LogP contribution in [0.5, 0.6) is 0 Å². The van der Waals surface area contributed by atoms with E-state index in [9.17, 15) is 0 Å². The summed E-state index contributed by atoms with van der Waals surface area (Å²) in [6, 6.07) is 78.2. The van der Waals surface area contributed by atoms with Gasteiger partial charge in [0, 0.05) is 37.8 Å². The number of anilines is 3. The van der Waals surface area contributed by atoms with Crippen LogP contribution in [0, 0.1) is 0 Å². The van der Waals surface area contributed by atoms with Gasteiger partial charge in [-0.05, 0) is 116 Å². The van der Waals surface area contributed by atoms with E-state index in [1.807, 2.05) is 11.8 Å². The molecule has 1 unspecified atom stereocenters. The van der Waals surface area contributed by atoms with Crippen molar-refractivity contribution < 1.29 is 0 Å². The lowest BCUT2D eigenvalue weighted by atomic mass is 9.32. The molecule has 9 aromatic rings. The van der Waals surface area contributed by atoms with Crippen molar-refractivity contribution in [2.45, 2.75) is 42.3 Å². The molecule has 0 radical (unpaired) electrons. The van der Waals surface area contributed by atoms with Gasteiger partial charge in [-0.25, -0.2) is 0 Å². The number of hydrogen-bond donors (Lipinski definition) is 0. The average Bonchev–Trinajstić information content (AvgIpc) is 3.67. The van der Waals surface area contributed by atoms with E-state index in [0.29, 0.717) is 5.02 Å². The first-order valence-electron chi connectivity index (χ1n) is 23.0. The van der Waals surface area contributed by atoms with Gasteiger partial charge >= 0.3 is 0 Å². The molecule has 0 aromatic heterocycles. The van der Waals surface area contributed by atoms with Crippen LogP contribution in [-0.2, 0) is 5.41 Å². The minimum atomic E-state index is -0.616. The molecule has 320 valence electrons. The average molecular weight is 909 g/mol. The lowest BCUT2D eigenvalue weighted by Crippen LogP contribution is -2.54. The molecular weight excluding hydrogens is 860 g/mol. The smallest absolute Gasteiger partial charge is 0.220 e. The molecule has 9 aromatic carbocycles. The topological polar surface area (TPSA) is 3.24 Å². The molecule has 2 atom stereocenters. The predicted octanol–water partition coefficient (Wildman–Crippen LogP) is 16.2. The fourth-order valence-electron chi connectivity index (χ4n) is 11.0. The van der Waals surface area contributed by atoms with Crippen molar-refractivity contribution in [3.63, 3.8) is 0 Å². The number of fused-ring (bicyclic) bond motifs is 5. The molecule has 0 bridgehead atoms. The zero-order valence-corrected chi connectivity index (χ0v) is 39.6. The maximum absolute atomic E-state index is 7.30. The molecule has 11 rings (SSSR count). The van der Waals surface area contributed by atoms with E-state index in [1.165, 1.54) is 49.2 Å².